The van der Waals surface area contributed by atoms with Gasteiger partial charge in [-0.05, 0) is 55.5 Å². The molecule has 4 aromatic rings. The minimum absolute atomic E-state index is 0.124. The second kappa shape index (κ2) is 9.78. The number of aromatic nitrogens is 1. The number of anilines is 2. The quantitative estimate of drug-likeness (QED) is 0.408. The first-order chi connectivity index (χ1) is 15.7. The third-order valence-corrected chi connectivity index (χ3v) is 4.92. The van der Waals surface area contributed by atoms with E-state index in [0.717, 1.165) is 10.9 Å². The highest BCUT2D eigenvalue weighted by molar-refractivity contribution is 6.10. The van der Waals surface area contributed by atoms with Crippen LogP contribution in [0.2, 0.25) is 0 Å². The van der Waals surface area contributed by atoms with E-state index in [-0.39, 0.29) is 17.3 Å². The maximum Gasteiger partial charge on any atom is 0.335 e. The van der Waals surface area contributed by atoms with E-state index < -0.39 is 11.9 Å². The van der Waals surface area contributed by atoms with Gasteiger partial charge >= 0.3 is 5.97 Å². The Kier molecular flexibility index (Phi) is 6.88. The summed E-state index contributed by atoms with van der Waals surface area (Å²) in [6, 6.07) is 19.5. The van der Waals surface area contributed by atoms with Crippen LogP contribution in [-0.2, 0) is 0 Å². The van der Waals surface area contributed by atoms with Crippen molar-refractivity contribution in [3.8, 4) is 0 Å². The Morgan fingerprint density at radius 1 is 0.939 bits per heavy atom. The molecule has 0 saturated heterocycles. The van der Waals surface area contributed by atoms with Crippen LogP contribution in [0.4, 0.5) is 15.8 Å². The number of aromatic carboxylic acids is 1. The maximum atomic E-state index is 12.9. The van der Waals surface area contributed by atoms with Crippen molar-refractivity contribution in [1.82, 2.24) is 4.57 Å². The van der Waals surface area contributed by atoms with Gasteiger partial charge in [-0.2, -0.15) is 0 Å². The Morgan fingerprint density at radius 2 is 1.61 bits per heavy atom. The van der Waals surface area contributed by atoms with Gasteiger partial charge in [0.25, 0.3) is 5.91 Å². The number of hydrogen-bond donors (Lipinski definition) is 3. The fourth-order valence-corrected chi connectivity index (χ4v) is 3.51. The van der Waals surface area contributed by atoms with Gasteiger partial charge in [-0.15, -0.1) is 0 Å². The highest BCUT2D eigenvalue weighted by Crippen LogP contribution is 2.25. The lowest BCUT2D eigenvalue weighted by Crippen LogP contribution is -2.14. The van der Waals surface area contributed by atoms with Crippen molar-refractivity contribution in [2.24, 2.45) is 5.73 Å². The lowest BCUT2D eigenvalue weighted by molar-refractivity contribution is 0.0696. The smallest absolute Gasteiger partial charge is 0.335 e. The molecule has 1 amide bonds. The van der Waals surface area contributed by atoms with Gasteiger partial charge in [0.1, 0.15) is 5.82 Å². The highest BCUT2D eigenvalue weighted by atomic mass is 19.1. The zero-order chi connectivity index (χ0) is 24.1. The van der Waals surface area contributed by atoms with Crippen molar-refractivity contribution in [1.29, 1.82) is 0 Å². The molecule has 0 spiro atoms. The molecule has 0 radical (unpaired) electrons. The number of rotatable bonds is 4. The van der Waals surface area contributed by atoms with Crippen LogP contribution >= 0.6 is 0 Å². The number of para-hydroxylation sites is 1. The first kappa shape index (κ1) is 23.2. The standard InChI is InChI=1S/C13H10FNO2.C12H12N2O2/c14-10-2-1-3-12(8-10)15-11-6-4-9(5-7-11)13(16)17;1-7-11(12(13)16)9-5-3-4-6-10(9)14(7)8(2)15/h1-8,15H,(H,16,17);3-6H,1-2H3,(H2,13,16). The zero-order valence-electron chi connectivity index (χ0n) is 18.0. The molecule has 3 aromatic carbocycles. The molecule has 0 fully saturated rings. The topological polar surface area (TPSA) is 114 Å². The van der Waals surface area contributed by atoms with Gasteiger partial charge in [-0.1, -0.05) is 24.3 Å². The van der Waals surface area contributed by atoms with E-state index in [0.29, 0.717) is 22.6 Å². The van der Waals surface area contributed by atoms with Gasteiger partial charge in [0.05, 0.1) is 16.6 Å². The summed E-state index contributed by atoms with van der Waals surface area (Å²) in [5.74, 6) is -1.92. The third-order valence-electron chi connectivity index (χ3n) is 4.92. The average Bonchev–Trinajstić information content (AvgIpc) is 3.06. The molecule has 1 aromatic heterocycles. The molecule has 0 bridgehead atoms. The van der Waals surface area contributed by atoms with Gasteiger partial charge in [-0.25, -0.2) is 9.18 Å². The number of nitrogens with two attached hydrogens (primary N) is 1. The number of benzene rings is 3. The molecule has 168 valence electrons. The molecule has 4 N–H and O–H groups in total. The van der Waals surface area contributed by atoms with E-state index in [1.54, 1.807) is 43.3 Å². The summed E-state index contributed by atoms with van der Waals surface area (Å²) < 4.78 is 14.4. The van der Waals surface area contributed by atoms with Gasteiger partial charge in [0.2, 0.25) is 5.91 Å². The molecular weight excluding hydrogens is 425 g/mol. The number of amides is 1. The summed E-state index contributed by atoms with van der Waals surface area (Å²) in [6.07, 6.45) is 0. The maximum absolute atomic E-state index is 12.9. The average molecular weight is 447 g/mol. The number of nitrogens with one attached hydrogen (secondary N) is 1. The Balaban J connectivity index is 0.000000186. The fourth-order valence-electron chi connectivity index (χ4n) is 3.51. The minimum Gasteiger partial charge on any atom is -0.478 e. The molecule has 0 atom stereocenters. The van der Waals surface area contributed by atoms with Crippen molar-refractivity contribution >= 4 is 40.1 Å². The Morgan fingerprint density at radius 3 is 2.18 bits per heavy atom. The molecule has 8 heteroatoms. The number of nitrogens with zero attached hydrogens (tertiary/aromatic N) is 1. The van der Waals surface area contributed by atoms with E-state index in [2.05, 4.69) is 5.32 Å². The number of halogens is 1. The summed E-state index contributed by atoms with van der Waals surface area (Å²) in [5, 5.41) is 12.4. The van der Waals surface area contributed by atoms with Crippen molar-refractivity contribution in [2.45, 2.75) is 13.8 Å². The monoisotopic (exact) mass is 447 g/mol. The van der Waals surface area contributed by atoms with Crippen molar-refractivity contribution in [2.75, 3.05) is 5.32 Å². The molecule has 0 aliphatic carbocycles. The lowest BCUT2D eigenvalue weighted by atomic mass is 10.1. The molecule has 33 heavy (non-hydrogen) atoms. The first-order valence-corrected chi connectivity index (χ1v) is 9.95. The molecular formula is C25H22FN3O4. The summed E-state index contributed by atoms with van der Waals surface area (Å²) in [6.45, 7) is 3.19. The molecule has 0 aliphatic rings. The van der Waals surface area contributed by atoms with E-state index in [1.807, 2.05) is 12.1 Å². The van der Waals surface area contributed by atoms with E-state index in [1.165, 1.54) is 35.8 Å². The molecule has 0 unspecified atom stereocenters. The molecule has 0 aliphatic heterocycles. The van der Waals surface area contributed by atoms with Crippen LogP contribution in [0, 0.1) is 12.7 Å². The van der Waals surface area contributed by atoms with Crippen LogP contribution in [0.15, 0.2) is 72.8 Å². The van der Waals surface area contributed by atoms with Crippen LogP contribution in [-0.4, -0.2) is 27.5 Å². The lowest BCUT2D eigenvalue weighted by Gasteiger charge is -2.06. The number of fused-ring (bicyclic) bond motifs is 1. The molecule has 0 saturated carbocycles. The van der Waals surface area contributed by atoms with Crippen LogP contribution in [0.5, 0.6) is 0 Å². The summed E-state index contributed by atoms with van der Waals surface area (Å²) in [5.41, 5.74) is 8.62. The predicted octanol–water partition coefficient (Wildman–Crippen LogP) is 4.98. The number of hydrogen-bond acceptors (Lipinski definition) is 4. The first-order valence-electron chi connectivity index (χ1n) is 9.95. The minimum atomic E-state index is -0.970. The van der Waals surface area contributed by atoms with Gasteiger partial charge in [-0.3, -0.25) is 14.2 Å². The summed E-state index contributed by atoms with van der Waals surface area (Å²) in [4.78, 5) is 33.5. The second-order valence-electron chi connectivity index (χ2n) is 7.21. The molecule has 1 heterocycles. The Hall–Kier alpha value is -4.46. The van der Waals surface area contributed by atoms with E-state index in [4.69, 9.17) is 10.8 Å². The normalized spacial score (nSPS) is 10.3. The third kappa shape index (κ3) is 5.24. The number of carboxylic acids is 1. The number of primary amides is 1. The summed E-state index contributed by atoms with van der Waals surface area (Å²) in [7, 11) is 0. The van der Waals surface area contributed by atoms with Crippen molar-refractivity contribution in [3.63, 3.8) is 0 Å². The number of carbonyl (C=O) groups excluding carboxylic acids is 2. The Bertz CT molecular complexity index is 1290. The van der Waals surface area contributed by atoms with Crippen molar-refractivity contribution < 1.29 is 23.9 Å². The largest absolute Gasteiger partial charge is 0.478 e. The summed E-state index contributed by atoms with van der Waals surface area (Å²) >= 11 is 0. The number of carboxylic acid groups (broad SMARTS) is 1. The SMILES string of the molecule is CC(=O)n1c(C)c(C(N)=O)c2ccccc21.O=C(O)c1ccc(Nc2cccc(F)c2)cc1. The van der Waals surface area contributed by atoms with Crippen LogP contribution in [0.25, 0.3) is 10.9 Å². The van der Waals surface area contributed by atoms with Gasteiger partial charge < -0.3 is 16.2 Å². The second-order valence-corrected chi connectivity index (χ2v) is 7.21. The van der Waals surface area contributed by atoms with E-state index >= 15 is 0 Å². The predicted molar refractivity (Wildman–Crippen MR) is 125 cm³/mol. The highest BCUT2D eigenvalue weighted by Gasteiger charge is 2.19. The van der Waals surface area contributed by atoms with Gasteiger partial charge in [0.15, 0.2) is 0 Å². The van der Waals surface area contributed by atoms with Gasteiger partial charge in [0, 0.05) is 29.4 Å². The van der Waals surface area contributed by atoms with Crippen LogP contribution < -0.4 is 11.1 Å². The molecule has 4 rings (SSSR count). The van der Waals surface area contributed by atoms with Crippen LogP contribution in [0.1, 0.15) is 38.1 Å². The number of carbonyl (C=O) groups is 3. The molecule has 7 nitrogen and oxygen atoms in total. The fraction of sp³-hybridized carbons (Fsp3) is 0.0800. The Labute approximate surface area is 189 Å². The van der Waals surface area contributed by atoms with Crippen LogP contribution in [0.3, 0.4) is 0 Å². The zero-order valence-corrected chi connectivity index (χ0v) is 18.0. The van der Waals surface area contributed by atoms with E-state index in [9.17, 15) is 18.8 Å². The van der Waals surface area contributed by atoms with Crippen molar-refractivity contribution in [3.05, 3.63) is 95.4 Å².